The summed E-state index contributed by atoms with van der Waals surface area (Å²) in [4.78, 5) is 17.1. The fourth-order valence-corrected chi connectivity index (χ4v) is 3.10. The number of anilines is 2. The van der Waals surface area contributed by atoms with Crippen molar-refractivity contribution in [3.63, 3.8) is 0 Å². The predicted octanol–water partition coefficient (Wildman–Crippen LogP) is 2.42. The number of amides is 1. The molecule has 3 heterocycles. The molecule has 1 amide bonds. The molecule has 1 aliphatic rings. The van der Waals surface area contributed by atoms with Crippen molar-refractivity contribution in [2.45, 2.75) is 6.42 Å². The molecule has 0 fully saturated rings. The molecule has 0 saturated carbocycles. The van der Waals surface area contributed by atoms with Crippen molar-refractivity contribution in [3.8, 4) is 17.0 Å². The van der Waals surface area contributed by atoms with Crippen molar-refractivity contribution in [2.24, 2.45) is 0 Å². The Kier molecular flexibility index (Phi) is 4.33. The summed E-state index contributed by atoms with van der Waals surface area (Å²) >= 11 is 0. The van der Waals surface area contributed by atoms with Crippen molar-refractivity contribution in [1.29, 1.82) is 0 Å². The Bertz CT molecular complexity index is 1000. The van der Waals surface area contributed by atoms with E-state index in [0.29, 0.717) is 29.9 Å². The van der Waals surface area contributed by atoms with Gasteiger partial charge in [-0.05, 0) is 18.2 Å². The molecule has 2 aromatic heterocycles. The number of methoxy groups -OCH3 is 1. The summed E-state index contributed by atoms with van der Waals surface area (Å²) in [6, 6.07) is 12.7. The summed E-state index contributed by atoms with van der Waals surface area (Å²) in [5.41, 5.74) is 4.26. The first-order valence-corrected chi connectivity index (χ1v) is 8.56. The van der Waals surface area contributed by atoms with Gasteiger partial charge in [-0.25, -0.2) is 0 Å². The lowest BCUT2D eigenvalue weighted by atomic mass is 10.0. The maximum Gasteiger partial charge on any atom is 0.255 e. The molecule has 0 atom stereocenters. The largest absolute Gasteiger partial charge is 0.619 e. The van der Waals surface area contributed by atoms with Gasteiger partial charge in [-0.3, -0.25) is 9.78 Å². The second-order valence-corrected chi connectivity index (χ2v) is 6.19. The minimum absolute atomic E-state index is 0.147. The van der Waals surface area contributed by atoms with Gasteiger partial charge in [0, 0.05) is 42.4 Å². The van der Waals surface area contributed by atoms with Crippen LogP contribution in [0.4, 0.5) is 11.4 Å². The average molecular weight is 362 g/mol. The Morgan fingerprint density at radius 1 is 1.22 bits per heavy atom. The number of hydrogen-bond acceptors (Lipinski definition) is 5. The number of carbonyl (C=O) groups is 1. The summed E-state index contributed by atoms with van der Waals surface area (Å²) in [6.45, 7) is 0.552. The number of hydrogen-bond donors (Lipinski definition) is 2. The maximum absolute atomic E-state index is 12.5. The first kappa shape index (κ1) is 16.8. The number of ether oxygens (including phenoxy) is 1. The minimum atomic E-state index is -0.147. The Morgan fingerprint density at radius 2 is 2.04 bits per heavy atom. The minimum Gasteiger partial charge on any atom is -0.619 e. The molecule has 2 N–H and O–H groups in total. The molecule has 0 saturated heterocycles. The molecule has 27 heavy (non-hydrogen) atoms. The van der Waals surface area contributed by atoms with Crippen LogP contribution in [0.5, 0.6) is 5.75 Å². The normalized spacial score (nSPS) is 12.9. The highest BCUT2D eigenvalue weighted by Gasteiger charge is 2.23. The van der Waals surface area contributed by atoms with E-state index in [1.165, 1.54) is 12.4 Å². The zero-order chi connectivity index (χ0) is 18.8. The fraction of sp³-hybridized carbons (Fsp3) is 0.150. The molecule has 0 bridgehead atoms. The first-order chi connectivity index (χ1) is 13.1. The Balaban J connectivity index is 1.81. The molecule has 0 radical (unpaired) electrons. The van der Waals surface area contributed by atoms with E-state index in [0.717, 1.165) is 27.4 Å². The summed E-state index contributed by atoms with van der Waals surface area (Å²) in [7, 11) is 1.61. The number of rotatable bonds is 4. The molecule has 1 aromatic carbocycles. The highest BCUT2D eigenvalue weighted by molar-refractivity contribution is 6.02. The van der Waals surface area contributed by atoms with Crippen molar-refractivity contribution < 1.29 is 14.3 Å². The third-order valence-corrected chi connectivity index (χ3v) is 4.42. The summed E-state index contributed by atoms with van der Waals surface area (Å²) in [6.07, 6.45) is 3.51. The predicted molar refractivity (Wildman–Crippen MR) is 101 cm³/mol. The van der Waals surface area contributed by atoms with E-state index in [4.69, 9.17) is 4.74 Å². The van der Waals surface area contributed by atoms with E-state index in [-0.39, 0.29) is 5.91 Å². The van der Waals surface area contributed by atoms with Gasteiger partial charge in [0.25, 0.3) is 5.91 Å². The van der Waals surface area contributed by atoms with E-state index in [9.17, 15) is 10.0 Å². The zero-order valence-electron chi connectivity index (χ0n) is 14.7. The molecule has 4 rings (SSSR count). The van der Waals surface area contributed by atoms with Gasteiger partial charge in [-0.1, -0.05) is 6.07 Å². The molecular weight excluding hydrogens is 344 g/mol. The smallest absolute Gasteiger partial charge is 0.255 e. The number of carbonyl (C=O) groups excluding carboxylic acids is 1. The molecule has 7 nitrogen and oxygen atoms in total. The van der Waals surface area contributed by atoms with Gasteiger partial charge >= 0.3 is 0 Å². The van der Waals surface area contributed by atoms with Crippen LogP contribution in [-0.2, 0) is 6.42 Å². The van der Waals surface area contributed by atoms with Gasteiger partial charge in [0.05, 0.1) is 29.7 Å². The lowest BCUT2D eigenvalue weighted by molar-refractivity contribution is -0.605. The highest BCUT2D eigenvalue weighted by atomic mass is 16.5. The topological polar surface area (TPSA) is 90.2 Å². The van der Waals surface area contributed by atoms with E-state index < -0.39 is 0 Å². The SMILES string of the molecule is COc1cccc(Nc2cc(-c3cc[n+]([O-])cc3)nc3c2C(=O)NCC3)c1. The van der Waals surface area contributed by atoms with E-state index in [1.807, 2.05) is 30.3 Å². The van der Waals surface area contributed by atoms with Crippen LogP contribution in [0.1, 0.15) is 16.1 Å². The Hall–Kier alpha value is -3.61. The van der Waals surface area contributed by atoms with Crippen molar-refractivity contribution in [1.82, 2.24) is 10.3 Å². The van der Waals surface area contributed by atoms with Gasteiger partial charge in [0.2, 0.25) is 0 Å². The summed E-state index contributed by atoms with van der Waals surface area (Å²) < 4.78 is 5.99. The monoisotopic (exact) mass is 362 g/mol. The van der Waals surface area contributed by atoms with Crippen LogP contribution in [0.25, 0.3) is 11.3 Å². The lowest BCUT2D eigenvalue weighted by Gasteiger charge is -2.21. The molecule has 1 aliphatic heterocycles. The van der Waals surface area contributed by atoms with Crippen LogP contribution in [0.2, 0.25) is 0 Å². The quantitative estimate of drug-likeness (QED) is 0.549. The average Bonchev–Trinajstić information content (AvgIpc) is 2.68. The van der Waals surface area contributed by atoms with Gasteiger partial charge in [0.1, 0.15) is 5.75 Å². The molecule has 7 heteroatoms. The van der Waals surface area contributed by atoms with Crippen LogP contribution in [-0.4, -0.2) is 24.5 Å². The fourth-order valence-electron chi connectivity index (χ4n) is 3.10. The summed E-state index contributed by atoms with van der Waals surface area (Å²) in [5, 5.41) is 17.5. The maximum atomic E-state index is 12.5. The second kappa shape index (κ2) is 6.95. The van der Waals surface area contributed by atoms with Crippen molar-refractivity contribution in [2.75, 3.05) is 19.0 Å². The lowest BCUT2D eigenvalue weighted by Crippen LogP contribution is -2.33. The van der Waals surface area contributed by atoms with Gasteiger partial charge in [0.15, 0.2) is 12.4 Å². The van der Waals surface area contributed by atoms with Crippen molar-refractivity contribution >= 4 is 17.3 Å². The van der Waals surface area contributed by atoms with Gasteiger partial charge in [-0.2, -0.15) is 4.73 Å². The Morgan fingerprint density at radius 3 is 2.81 bits per heavy atom. The highest BCUT2D eigenvalue weighted by Crippen LogP contribution is 2.31. The van der Waals surface area contributed by atoms with E-state index >= 15 is 0 Å². The molecule has 0 aliphatic carbocycles. The van der Waals surface area contributed by atoms with Crippen LogP contribution in [0.15, 0.2) is 54.9 Å². The standard InChI is InChI=1S/C20H18N4O3/c1-27-15-4-2-3-14(11-15)22-18-12-17(13-6-9-24(26)10-7-13)23-16-5-8-21-20(25)19(16)18/h2-4,6-7,9-12H,5,8H2,1H3,(H,21,25)(H,22,23). The van der Waals surface area contributed by atoms with Crippen LogP contribution in [0.3, 0.4) is 0 Å². The van der Waals surface area contributed by atoms with E-state index in [1.54, 1.807) is 19.2 Å². The molecule has 0 spiro atoms. The first-order valence-electron chi connectivity index (χ1n) is 8.56. The van der Waals surface area contributed by atoms with Crippen LogP contribution >= 0.6 is 0 Å². The third kappa shape index (κ3) is 3.39. The molecule has 136 valence electrons. The Labute approximate surface area is 156 Å². The number of nitrogens with zero attached hydrogens (tertiary/aromatic N) is 2. The molecule has 0 unspecified atom stereocenters. The number of aromatic nitrogens is 2. The van der Waals surface area contributed by atoms with Crippen molar-refractivity contribution in [3.05, 3.63) is 71.3 Å². The molecular formula is C20H18N4O3. The zero-order valence-corrected chi connectivity index (χ0v) is 14.7. The van der Waals surface area contributed by atoms with Gasteiger partial charge in [-0.15, -0.1) is 0 Å². The summed E-state index contributed by atoms with van der Waals surface area (Å²) in [5.74, 6) is 0.571. The number of fused-ring (bicyclic) bond motifs is 1. The molecule has 3 aromatic rings. The van der Waals surface area contributed by atoms with Crippen LogP contribution < -0.4 is 20.1 Å². The van der Waals surface area contributed by atoms with E-state index in [2.05, 4.69) is 15.6 Å². The van der Waals surface area contributed by atoms with Crippen LogP contribution in [0, 0.1) is 5.21 Å². The number of nitrogens with one attached hydrogen (secondary N) is 2. The van der Waals surface area contributed by atoms with Gasteiger partial charge < -0.3 is 20.6 Å². The number of pyridine rings is 2. The third-order valence-electron chi connectivity index (χ3n) is 4.42. The second-order valence-electron chi connectivity index (χ2n) is 6.19. The number of benzene rings is 1.